The molecule has 0 aliphatic carbocycles. The van der Waals surface area contributed by atoms with E-state index >= 15 is 0 Å². The van der Waals surface area contributed by atoms with Crippen LogP contribution in [-0.2, 0) is 10.0 Å². The number of nitrogens with zero attached hydrogens (tertiary/aromatic N) is 2. The molecule has 1 aromatic rings. The van der Waals surface area contributed by atoms with Crippen molar-refractivity contribution in [3.05, 3.63) is 27.8 Å². The Morgan fingerprint density at radius 2 is 2.12 bits per heavy atom. The lowest BCUT2D eigenvalue weighted by Crippen LogP contribution is -2.14. The normalized spacial score (nSPS) is 10.6. The largest absolute Gasteiger partial charge is 0.495 e. The fourth-order valence-electron chi connectivity index (χ4n) is 1.18. The number of nitro benzene ring substituents is 1. The summed E-state index contributed by atoms with van der Waals surface area (Å²) in [7, 11) is -3.08. The summed E-state index contributed by atoms with van der Waals surface area (Å²) in [6.07, 6.45) is 0. The molecule has 1 rings (SSSR count). The minimum absolute atomic E-state index is 0.0911. The van der Waals surface area contributed by atoms with Crippen LogP contribution in [0.3, 0.4) is 0 Å². The van der Waals surface area contributed by atoms with Gasteiger partial charge in [-0.2, -0.15) is 5.26 Å². The lowest BCUT2D eigenvalue weighted by atomic mass is 10.2. The van der Waals surface area contributed by atoms with Crippen molar-refractivity contribution in [2.24, 2.45) is 5.14 Å². The van der Waals surface area contributed by atoms with Crippen LogP contribution in [0.4, 0.5) is 5.69 Å². The molecule has 90 valence electrons. The molecule has 2 N–H and O–H groups in total. The molecule has 0 fully saturated rings. The van der Waals surface area contributed by atoms with E-state index in [1.54, 1.807) is 6.07 Å². The summed E-state index contributed by atoms with van der Waals surface area (Å²) in [5, 5.41) is 24.2. The molecule has 0 heterocycles. The molecule has 0 unspecified atom stereocenters. The molecule has 0 amide bonds. The van der Waals surface area contributed by atoms with Gasteiger partial charge in [0.1, 0.15) is 11.8 Å². The number of ether oxygens (including phenoxy) is 1. The van der Waals surface area contributed by atoms with Gasteiger partial charge < -0.3 is 4.74 Å². The molecule has 0 radical (unpaired) electrons. The predicted octanol–water partition coefficient (Wildman–Crippen LogP) is 0.122. The predicted molar refractivity (Wildman–Crippen MR) is 55.7 cm³/mol. The van der Waals surface area contributed by atoms with Gasteiger partial charge in [0.15, 0.2) is 4.90 Å². The number of rotatable bonds is 3. The maximum Gasteiger partial charge on any atom is 0.293 e. The number of nitro groups is 1. The Labute approximate surface area is 96.4 Å². The molecule has 0 aliphatic heterocycles. The first-order valence-corrected chi connectivity index (χ1v) is 5.65. The van der Waals surface area contributed by atoms with Gasteiger partial charge in [0, 0.05) is 0 Å². The average Bonchev–Trinajstić information content (AvgIpc) is 2.25. The second kappa shape index (κ2) is 4.36. The molecular formula is C8H7N3O5S. The second-order valence-electron chi connectivity index (χ2n) is 2.93. The van der Waals surface area contributed by atoms with Crippen LogP contribution in [0, 0.1) is 21.4 Å². The molecule has 0 spiro atoms. The third-order valence-corrected chi connectivity index (χ3v) is 2.84. The van der Waals surface area contributed by atoms with E-state index < -0.39 is 25.5 Å². The van der Waals surface area contributed by atoms with Gasteiger partial charge >= 0.3 is 0 Å². The van der Waals surface area contributed by atoms with Gasteiger partial charge in [-0.1, -0.05) is 0 Å². The van der Waals surface area contributed by atoms with Crippen LogP contribution < -0.4 is 9.88 Å². The summed E-state index contributed by atoms with van der Waals surface area (Å²) in [5.74, 6) is -0.0911. The van der Waals surface area contributed by atoms with Crippen molar-refractivity contribution < 1.29 is 18.1 Å². The summed E-state index contributed by atoms with van der Waals surface area (Å²) < 4.78 is 27.0. The zero-order valence-corrected chi connectivity index (χ0v) is 9.39. The SMILES string of the molecule is COc1cc([N+](=O)[O-])c(S(N)(=O)=O)cc1C#N. The summed E-state index contributed by atoms with van der Waals surface area (Å²) in [6, 6.07) is 3.31. The smallest absolute Gasteiger partial charge is 0.293 e. The lowest BCUT2D eigenvalue weighted by Gasteiger charge is -2.05. The highest BCUT2D eigenvalue weighted by atomic mass is 32.2. The highest BCUT2D eigenvalue weighted by Crippen LogP contribution is 2.30. The zero-order valence-electron chi connectivity index (χ0n) is 8.58. The van der Waals surface area contributed by atoms with Crippen LogP contribution in [0.2, 0.25) is 0 Å². The van der Waals surface area contributed by atoms with Gasteiger partial charge in [-0.15, -0.1) is 0 Å². The van der Waals surface area contributed by atoms with E-state index in [4.69, 9.17) is 15.1 Å². The second-order valence-corrected chi connectivity index (χ2v) is 4.46. The summed E-state index contributed by atoms with van der Waals surface area (Å²) >= 11 is 0. The minimum atomic E-state index is -4.28. The fraction of sp³-hybridized carbons (Fsp3) is 0.125. The molecule has 9 heteroatoms. The molecule has 0 bridgehead atoms. The van der Waals surface area contributed by atoms with Crippen molar-refractivity contribution in [1.29, 1.82) is 5.26 Å². The first-order valence-electron chi connectivity index (χ1n) is 4.10. The van der Waals surface area contributed by atoms with E-state index in [0.717, 1.165) is 12.1 Å². The van der Waals surface area contributed by atoms with Crippen molar-refractivity contribution in [1.82, 2.24) is 0 Å². The molecule has 0 atom stereocenters. The Morgan fingerprint density at radius 3 is 2.47 bits per heavy atom. The van der Waals surface area contributed by atoms with E-state index in [9.17, 15) is 18.5 Å². The third kappa shape index (κ3) is 2.49. The number of methoxy groups -OCH3 is 1. The summed E-state index contributed by atoms with van der Waals surface area (Å²) in [5.41, 5.74) is -0.884. The summed E-state index contributed by atoms with van der Waals surface area (Å²) in [4.78, 5) is 9.05. The zero-order chi connectivity index (χ0) is 13.2. The summed E-state index contributed by atoms with van der Waals surface area (Å²) in [6.45, 7) is 0. The molecular weight excluding hydrogens is 250 g/mol. The Bertz CT molecular complexity index is 617. The highest BCUT2D eigenvalue weighted by molar-refractivity contribution is 7.89. The van der Waals surface area contributed by atoms with E-state index in [1.165, 1.54) is 7.11 Å². The average molecular weight is 257 g/mol. The molecule has 8 nitrogen and oxygen atoms in total. The van der Waals surface area contributed by atoms with Gasteiger partial charge in [0.05, 0.1) is 23.7 Å². The minimum Gasteiger partial charge on any atom is -0.495 e. The van der Waals surface area contributed by atoms with E-state index in [2.05, 4.69) is 0 Å². The van der Waals surface area contributed by atoms with Crippen molar-refractivity contribution in [2.75, 3.05) is 7.11 Å². The Hall–Kier alpha value is -2.18. The van der Waals surface area contributed by atoms with Crippen LogP contribution >= 0.6 is 0 Å². The van der Waals surface area contributed by atoms with Crippen LogP contribution in [0.15, 0.2) is 17.0 Å². The third-order valence-electron chi connectivity index (χ3n) is 1.90. The Kier molecular flexibility index (Phi) is 3.31. The highest BCUT2D eigenvalue weighted by Gasteiger charge is 2.25. The van der Waals surface area contributed by atoms with Gasteiger partial charge in [-0.3, -0.25) is 10.1 Å². The topological polar surface area (TPSA) is 136 Å². The Morgan fingerprint density at radius 1 is 1.53 bits per heavy atom. The van der Waals surface area contributed by atoms with E-state index in [-0.39, 0.29) is 11.3 Å². The van der Waals surface area contributed by atoms with Crippen molar-refractivity contribution in [3.63, 3.8) is 0 Å². The number of hydrogen-bond donors (Lipinski definition) is 1. The number of primary sulfonamides is 1. The fourth-order valence-corrected chi connectivity index (χ4v) is 1.88. The van der Waals surface area contributed by atoms with E-state index in [1.807, 2.05) is 0 Å². The van der Waals surface area contributed by atoms with Crippen LogP contribution in [0.1, 0.15) is 5.56 Å². The van der Waals surface area contributed by atoms with Gasteiger partial charge in [-0.25, -0.2) is 13.6 Å². The molecule has 0 aliphatic rings. The van der Waals surface area contributed by atoms with Gasteiger partial charge in [-0.05, 0) is 6.07 Å². The van der Waals surface area contributed by atoms with Crippen LogP contribution in [0.5, 0.6) is 5.75 Å². The number of nitrogens with two attached hydrogens (primary N) is 1. The quantitative estimate of drug-likeness (QED) is 0.603. The molecule has 0 aromatic heterocycles. The standard InChI is InChI=1S/C8H7N3O5S/c1-16-7-3-6(11(12)13)8(17(10,14)15)2-5(7)4-9/h2-3H,1H3,(H2,10,14,15). The first-order chi connectivity index (χ1) is 7.81. The number of nitriles is 1. The van der Waals surface area contributed by atoms with Crippen LogP contribution in [0.25, 0.3) is 0 Å². The lowest BCUT2D eigenvalue weighted by molar-refractivity contribution is -0.387. The number of hydrogen-bond acceptors (Lipinski definition) is 6. The number of benzene rings is 1. The van der Waals surface area contributed by atoms with Gasteiger partial charge in [0.25, 0.3) is 5.69 Å². The van der Waals surface area contributed by atoms with E-state index in [0.29, 0.717) is 0 Å². The number of sulfonamides is 1. The maximum atomic E-state index is 11.1. The monoisotopic (exact) mass is 257 g/mol. The first kappa shape index (κ1) is 12.9. The van der Waals surface area contributed by atoms with Gasteiger partial charge in [0.2, 0.25) is 10.0 Å². The maximum absolute atomic E-state index is 11.1. The molecule has 17 heavy (non-hydrogen) atoms. The van der Waals surface area contributed by atoms with Crippen molar-refractivity contribution >= 4 is 15.7 Å². The molecule has 0 saturated carbocycles. The van der Waals surface area contributed by atoms with Crippen molar-refractivity contribution in [2.45, 2.75) is 4.90 Å². The Balaban J connectivity index is 3.71. The van der Waals surface area contributed by atoms with Crippen molar-refractivity contribution in [3.8, 4) is 11.8 Å². The molecule has 0 saturated heterocycles. The van der Waals surface area contributed by atoms with Crippen LogP contribution in [-0.4, -0.2) is 20.5 Å². The molecule has 1 aromatic carbocycles.